The van der Waals surface area contributed by atoms with Gasteiger partial charge in [-0.2, -0.15) is 0 Å². The van der Waals surface area contributed by atoms with Crippen molar-refractivity contribution in [3.05, 3.63) is 59.9 Å². The molecule has 1 saturated heterocycles. The number of pyridine rings is 1. The van der Waals surface area contributed by atoms with E-state index >= 15 is 0 Å². The number of amides is 2. The zero-order valence-electron chi connectivity index (χ0n) is 16.4. The third-order valence-electron chi connectivity index (χ3n) is 5.46. The molecule has 29 heavy (non-hydrogen) atoms. The topological polar surface area (TPSA) is 74.8 Å². The van der Waals surface area contributed by atoms with Gasteiger partial charge in [-0.1, -0.05) is 18.2 Å². The van der Waals surface area contributed by atoms with Crippen molar-refractivity contribution in [2.75, 3.05) is 39.3 Å². The van der Waals surface area contributed by atoms with Gasteiger partial charge in [0.25, 0.3) is 5.91 Å². The maximum Gasteiger partial charge on any atom is 0.254 e. The molecule has 152 valence electrons. The first-order valence-corrected chi connectivity index (χ1v) is 10.1. The SMILES string of the molecule is O=C(CN1CCCN(C(=O)c2ccncc2)CC1)NC1CCOc2ccccc21. The van der Waals surface area contributed by atoms with Gasteiger partial charge in [0.1, 0.15) is 5.75 Å². The van der Waals surface area contributed by atoms with E-state index < -0.39 is 0 Å². The van der Waals surface area contributed by atoms with Crippen LogP contribution in [0.25, 0.3) is 0 Å². The highest BCUT2D eigenvalue weighted by atomic mass is 16.5. The van der Waals surface area contributed by atoms with Gasteiger partial charge in [-0.3, -0.25) is 19.5 Å². The lowest BCUT2D eigenvalue weighted by molar-refractivity contribution is -0.123. The van der Waals surface area contributed by atoms with Gasteiger partial charge in [0.2, 0.25) is 5.91 Å². The quantitative estimate of drug-likeness (QED) is 0.857. The number of fused-ring (bicyclic) bond motifs is 1. The monoisotopic (exact) mass is 394 g/mol. The number of benzene rings is 1. The van der Waals surface area contributed by atoms with Crippen molar-refractivity contribution >= 4 is 11.8 Å². The van der Waals surface area contributed by atoms with E-state index in [0.717, 1.165) is 30.7 Å². The second-order valence-corrected chi connectivity index (χ2v) is 7.45. The molecule has 0 aliphatic carbocycles. The highest BCUT2D eigenvalue weighted by Crippen LogP contribution is 2.31. The Morgan fingerprint density at radius 3 is 2.76 bits per heavy atom. The Kier molecular flexibility index (Phi) is 6.05. The Morgan fingerprint density at radius 2 is 1.90 bits per heavy atom. The van der Waals surface area contributed by atoms with Gasteiger partial charge in [0.15, 0.2) is 0 Å². The van der Waals surface area contributed by atoms with E-state index in [9.17, 15) is 9.59 Å². The molecule has 7 nitrogen and oxygen atoms in total. The number of ether oxygens (including phenoxy) is 1. The standard InChI is InChI=1S/C22H26N4O3/c27-21(24-19-8-15-29-20-5-2-1-4-18(19)20)16-25-11-3-12-26(14-13-25)22(28)17-6-9-23-10-7-17/h1-2,4-7,9-10,19H,3,8,11-16H2,(H,24,27). The lowest BCUT2D eigenvalue weighted by Gasteiger charge is -2.28. The van der Waals surface area contributed by atoms with Crippen LogP contribution < -0.4 is 10.1 Å². The van der Waals surface area contributed by atoms with Gasteiger partial charge in [0.05, 0.1) is 19.2 Å². The zero-order chi connectivity index (χ0) is 20.1. The van der Waals surface area contributed by atoms with E-state index in [-0.39, 0.29) is 17.9 Å². The average molecular weight is 394 g/mol. The summed E-state index contributed by atoms with van der Waals surface area (Å²) in [5.41, 5.74) is 1.70. The van der Waals surface area contributed by atoms with Crippen LogP contribution in [0.5, 0.6) is 5.75 Å². The lowest BCUT2D eigenvalue weighted by Crippen LogP contribution is -2.42. The van der Waals surface area contributed by atoms with E-state index in [4.69, 9.17) is 4.74 Å². The minimum absolute atomic E-state index is 0.0100. The molecular weight excluding hydrogens is 368 g/mol. The van der Waals surface area contributed by atoms with Crippen LogP contribution in [0.15, 0.2) is 48.8 Å². The van der Waals surface area contributed by atoms with Crippen LogP contribution in [-0.2, 0) is 4.79 Å². The van der Waals surface area contributed by atoms with E-state index in [1.165, 1.54) is 0 Å². The molecule has 1 aromatic heterocycles. The molecule has 1 N–H and O–H groups in total. The fraction of sp³-hybridized carbons (Fsp3) is 0.409. The van der Waals surface area contributed by atoms with Gasteiger partial charge in [-0.25, -0.2) is 0 Å². The van der Waals surface area contributed by atoms with E-state index in [2.05, 4.69) is 15.2 Å². The second kappa shape index (κ2) is 9.05. The molecule has 0 radical (unpaired) electrons. The Hall–Kier alpha value is -2.93. The molecule has 1 unspecified atom stereocenters. The number of nitrogens with zero attached hydrogens (tertiary/aromatic N) is 3. The van der Waals surface area contributed by atoms with Crippen molar-refractivity contribution in [1.82, 2.24) is 20.1 Å². The van der Waals surface area contributed by atoms with Crippen molar-refractivity contribution in [3.63, 3.8) is 0 Å². The summed E-state index contributed by atoms with van der Waals surface area (Å²) in [6.45, 7) is 3.77. The van der Waals surface area contributed by atoms with E-state index in [1.54, 1.807) is 24.5 Å². The van der Waals surface area contributed by atoms with Crippen LogP contribution in [0.4, 0.5) is 0 Å². The van der Waals surface area contributed by atoms with Crippen LogP contribution in [0, 0.1) is 0 Å². The smallest absolute Gasteiger partial charge is 0.254 e. The normalized spacial score (nSPS) is 19.6. The summed E-state index contributed by atoms with van der Waals surface area (Å²) >= 11 is 0. The Bertz CT molecular complexity index is 858. The van der Waals surface area contributed by atoms with Crippen LogP contribution in [0.2, 0.25) is 0 Å². The highest BCUT2D eigenvalue weighted by Gasteiger charge is 2.25. The van der Waals surface area contributed by atoms with E-state index in [0.29, 0.717) is 38.3 Å². The van der Waals surface area contributed by atoms with Crippen molar-refractivity contribution in [2.45, 2.75) is 18.9 Å². The molecule has 0 spiro atoms. The van der Waals surface area contributed by atoms with Crippen LogP contribution in [0.1, 0.15) is 34.8 Å². The molecule has 4 rings (SSSR count). The number of hydrogen-bond acceptors (Lipinski definition) is 5. The van der Waals surface area contributed by atoms with Crippen molar-refractivity contribution in [1.29, 1.82) is 0 Å². The summed E-state index contributed by atoms with van der Waals surface area (Å²) in [6, 6.07) is 11.3. The minimum Gasteiger partial charge on any atom is -0.493 e. The molecule has 7 heteroatoms. The van der Waals surface area contributed by atoms with Crippen LogP contribution in [0.3, 0.4) is 0 Å². The molecule has 1 aromatic carbocycles. The molecule has 2 aliphatic rings. The molecule has 2 aromatic rings. The number of nitrogens with one attached hydrogen (secondary N) is 1. The molecule has 0 saturated carbocycles. The number of hydrogen-bond donors (Lipinski definition) is 1. The number of aromatic nitrogens is 1. The highest BCUT2D eigenvalue weighted by molar-refractivity contribution is 5.94. The number of rotatable bonds is 4. The summed E-state index contributed by atoms with van der Waals surface area (Å²) in [6.07, 6.45) is 4.90. The maximum atomic E-state index is 12.7. The molecule has 1 atom stereocenters. The van der Waals surface area contributed by atoms with Crippen molar-refractivity contribution in [3.8, 4) is 5.75 Å². The molecule has 2 aliphatic heterocycles. The minimum atomic E-state index is -0.0100. The van der Waals surface area contributed by atoms with Crippen molar-refractivity contribution < 1.29 is 14.3 Å². The summed E-state index contributed by atoms with van der Waals surface area (Å²) in [5.74, 6) is 0.891. The first-order chi connectivity index (χ1) is 14.2. The Labute approximate surface area is 170 Å². The van der Waals surface area contributed by atoms with Gasteiger partial charge >= 0.3 is 0 Å². The molecule has 1 fully saturated rings. The fourth-order valence-electron chi connectivity index (χ4n) is 3.94. The summed E-state index contributed by atoms with van der Waals surface area (Å²) < 4.78 is 5.67. The van der Waals surface area contributed by atoms with Gasteiger partial charge in [-0.15, -0.1) is 0 Å². The maximum absolute atomic E-state index is 12.7. The van der Waals surface area contributed by atoms with Crippen LogP contribution in [-0.4, -0.2) is 65.9 Å². The fourth-order valence-corrected chi connectivity index (χ4v) is 3.94. The molecule has 2 amide bonds. The third-order valence-corrected chi connectivity index (χ3v) is 5.46. The predicted molar refractivity (Wildman–Crippen MR) is 109 cm³/mol. The number of carbonyl (C=O) groups is 2. The lowest BCUT2D eigenvalue weighted by atomic mass is 10.0. The molecule has 3 heterocycles. The first-order valence-electron chi connectivity index (χ1n) is 10.1. The Morgan fingerprint density at radius 1 is 1.07 bits per heavy atom. The number of carbonyl (C=O) groups excluding carboxylic acids is 2. The molecule has 0 bridgehead atoms. The third kappa shape index (κ3) is 4.74. The largest absolute Gasteiger partial charge is 0.493 e. The Balaban J connectivity index is 1.30. The number of para-hydroxylation sites is 1. The van der Waals surface area contributed by atoms with Crippen LogP contribution >= 0.6 is 0 Å². The summed E-state index contributed by atoms with van der Waals surface area (Å²) in [7, 11) is 0. The second-order valence-electron chi connectivity index (χ2n) is 7.45. The zero-order valence-corrected chi connectivity index (χ0v) is 16.4. The summed E-state index contributed by atoms with van der Waals surface area (Å²) in [5, 5.41) is 3.15. The molecular formula is C22H26N4O3. The van der Waals surface area contributed by atoms with Crippen molar-refractivity contribution in [2.24, 2.45) is 0 Å². The van der Waals surface area contributed by atoms with Gasteiger partial charge in [0, 0.05) is 56.1 Å². The van der Waals surface area contributed by atoms with Gasteiger partial charge < -0.3 is 15.0 Å². The van der Waals surface area contributed by atoms with Gasteiger partial charge in [-0.05, 0) is 24.6 Å². The first kappa shape index (κ1) is 19.4. The summed E-state index contributed by atoms with van der Waals surface area (Å²) in [4.78, 5) is 33.3. The average Bonchev–Trinajstić information content (AvgIpc) is 2.99. The van der Waals surface area contributed by atoms with E-state index in [1.807, 2.05) is 29.2 Å². The predicted octanol–water partition coefficient (Wildman–Crippen LogP) is 1.87.